The third kappa shape index (κ3) is 2.25. The largest absolute Gasteiger partial charge is 0.481 e. The molecule has 3 rings (SSSR count). The molecule has 2 aromatic rings. The first kappa shape index (κ1) is 12.0. The molecule has 1 fully saturated rings. The average molecular weight is 261 g/mol. The van der Waals surface area contributed by atoms with Crippen molar-refractivity contribution in [2.45, 2.75) is 19.8 Å². The van der Waals surface area contributed by atoms with Crippen LogP contribution in [0.1, 0.15) is 18.5 Å². The maximum absolute atomic E-state index is 10.9. The number of carboxylic acid groups (broad SMARTS) is 1. The van der Waals surface area contributed by atoms with Gasteiger partial charge in [0.15, 0.2) is 5.58 Å². The van der Waals surface area contributed by atoms with Gasteiger partial charge in [0.25, 0.3) is 6.01 Å². The zero-order valence-corrected chi connectivity index (χ0v) is 10.7. The maximum Gasteiger partial charge on any atom is 0.306 e. The fourth-order valence-electron chi connectivity index (χ4n) is 2.35. The molecule has 0 radical (unpaired) electrons. The van der Waals surface area contributed by atoms with Gasteiger partial charge in [-0.3, -0.25) is 4.79 Å². The summed E-state index contributed by atoms with van der Waals surface area (Å²) >= 11 is 0. The van der Waals surface area contributed by atoms with Crippen molar-refractivity contribution >= 4 is 23.2 Å². The van der Waals surface area contributed by atoms with E-state index in [1.165, 1.54) is 0 Å². The molecule has 0 amide bonds. The lowest BCUT2D eigenvalue weighted by molar-refractivity contribution is -0.142. The molecule has 1 aliphatic rings. The van der Waals surface area contributed by atoms with Crippen molar-refractivity contribution in [2.75, 3.05) is 18.0 Å². The summed E-state index contributed by atoms with van der Waals surface area (Å²) in [6.45, 7) is 3.22. The highest BCUT2D eigenvalue weighted by Gasteiger charge is 2.26. The number of aliphatic carboxylic acids is 1. The Bertz CT molecular complexity index is 615. The number of aromatic nitrogens is 2. The van der Waals surface area contributed by atoms with E-state index in [9.17, 15) is 4.79 Å². The van der Waals surface area contributed by atoms with Gasteiger partial charge < -0.3 is 14.4 Å². The average Bonchev–Trinajstić information content (AvgIpc) is 2.81. The monoisotopic (exact) mass is 261 g/mol. The molecule has 6 nitrogen and oxygen atoms in total. The fraction of sp³-hybridized carbons (Fsp3) is 0.462. The number of anilines is 1. The van der Waals surface area contributed by atoms with Crippen LogP contribution in [0.25, 0.3) is 11.2 Å². The van der Waals surface area contributed by atoms with Crippen LogP contribution in [-0.2, 0) is 4.79 Å². The number of piperidine rings is 1. The van der Waals surface area contributed by atoms with Crippen molar-refractivity contribution in [2.24, 2.45) is 5.92 Å². The van der Waals surface area contributed by atoms with E-state index in [-0.39, 0.29) is 5.92 Å². The summed E-state index contributed by atoms with van der Waals surface area (Å²) in [5.41, 5.74) is 2.17. The molecule has 0 saturated carbocycles. The summed E-state index contributed by atoms with van der Waals surface area (Å²) in [5.74, 6) is -0.962. The van der Waals surface area contributed by atoms with Gasteiger partial charge in [-0.2, -0.15) is 4.98 Å². The van der Waals surface area contributed by atoms with Crippen molar-refractivity contribution in [3.8, 4) is 0 Å². The van der Waals surface area contributed by atoms with Gasteiger partial charge in [0.2, 0.25) is 5.65 Å². The highest BCUT2D eigenvalue weighted by atomic mass is 16.4. The molecule has 19 heavy (non-hydrogen) atoms. The van der Waals surface area contributed by atoms with Crippen LogP contribution in [-0.4, -0.2) is 34.1 Å². The fourth-order valence-corrected chi connectivity index (χ4v) is 2.35. The lowest BCUT2D eigenvalue weighted by atomic mass is 9.97. The molecule has 0 aromatic carbocycles. The second kappa shape index (κ2) is 4.53. The van der Waals surface area contributed by atoms with Crippen molar-refractivity contribution in [3.05, 3.63) is 17.8 Å². The molecule has 6 heteroatoms. The van der Waals surface area contributed by atoms with E-state index in [1.54, 1.807) is 0 Å². The number of pyridine rings is 1. The van der Waals surface area contributed by atoms with Crippen LogP contribution < -0.4 is 4.90 Å². The second-order valence-electron chi connectivity index (χ2n) is 4.87. The molecule has 100 valence electrons. The highest BCUT2D eigenvalue weighted by Crippen LogP contribution is 2.25. The van der Waals surface area contributed by atoms with Crippen LogP contribution in [0.2, 0.25) is 0 Å². The first-order valence-electron chi connectivity index (χ1n) is 6.35. The zero-order valence-electron chi connectivity index (χ0n) is 10.7. The number of aryl methyl sites for hydroxylation is 1. The van der Waals surface area contributed by atoms with Crippen molar-refractivity contribution in [3.63, 3.8) is 0 Å². The number of carboxylic acids is 1. The third-order valence-electron chi connectivity index (χ3n) is 3.50. The van der Waals surface area contributed by atoms with Crippen LogP contribution in [0.15, 0.2) is 16.5 Å². The Labute approximate surface area is 110 Å². The Hall–Kier alpha value is -2.11. The molecule has 2 aromatic heterocycles. The SMILES string of the molecule is Cc1ccc2oc(N3CCC(C(=O)O)CC3)nc2n1. The Morgan fingerprint density at radius 3 is 2.79 bits per heavy atom. The Balaban J connectivity index is 1.80. The van der Waals surface area contributed by atoms with Gasteiger partial charge in [-0.1, -0.05) is 0 Å². The van der Waals surface area contributed by atoms with Crippen LogP contribution in [0, 0.1) is 12.8 Å². The molecule has 0 bridgehead atoms. The van der Waals surface area contributed by atoms with Crippen molar-refractivity contribution in [1.29, 1.82) is 0 Å². The Morgan fingerprint density at radius 2 is 2.11 bits per heavy atom. The minimum atomic E-state index is -0.713. The zero-order chi connectivity index (χ0) is 13.4. The lowest BCUT2D eigenvalue weighted by Gasteiger charge is -2.28. The first-order valence-corrected chi connectivity index (χ1v) is 6.35. The molecular weight excluding hydrogens is 246 g/mol. The number of nitrogens with zero attached hydrogens (tertiary/aromatic N) is 3. The van der Waals surface area contributed by atoms with Gasteiger partial charge in [-0.15, -0.1) is 0 Å². The smallest absolute Gasteiger partial charge is 0.306 e. The summed E-state index contributed by atoms with van der Waals surface area (Å²) in [5, 5.41) is 8.97. The van der Waals surface area contributed by atoms with E-state index in [2.05, 4.69) is 9.97 Å². The molecule has 0 aliphatic carbocycles. The van der Waals surface area contributed by atoms with Crippen molar-refractivity contribution < 1.29 is 14.3 Å². The van der Waals surface area contributed by atoms with E-state index in [0.717, 1.165) is 5.69 Å². The lowest BCUT2D eigenvalue weighted by Crippen LogP contribution is -2.36. The standard InChI is InChI=1S/C13H15N3O3/c1-8-2-3-10-11(14-8)15-13(19-10)16-6-4-9(5-7-16)12(17)18/h2-3,9H,4-7H2,1H3,(H,17,18). The third-order valence-corrected chi connectivity index (χ3v) is 3.50. The van der Waals surface area contributed by atoms with Crippen LogP contribution in [0.5, 0.6) is 0 Å². The molecule has 1 saturated heterocycles. The number of hydrogen-bond donors (Lipinski definition) is 1. The van der Waals surface area contributed by atoms with Crippen LogP contribution in [0.3, 0.4) is 0 Å². The minimum Gasteiger partial charge on any atom is -0.481 e. The normalized spacial score (nSPS) is 17.0. The predicted octanol–water partition coefficient (Wildman–Crippen LogP) is 1.83. The molecular formula is C13H15N3O3. The molecule has 0 atom stereocenters. The molecule has 3 heterocycles. The van der Waals surface area contributed by atoms with Crippen molar-refractivity contribution in [1.82, 2.24) is 9.97 Å². The maximum atomic E-state index is 10.9. The van der Waals surface area contributed by atoms with E-state index in [1.807, 2.05) is 24.0 Å². The summed E-state index contributed by atoms with van der Waals surface area (Å²) < 4.78 is 5.66. The van der Waals surface area contributed by atoms with Gasteiger partial charge in [-0.05, 0) is 31.9 Å². The number of oxazole rings is 1. The van der Waals surface area contributed by atoms with E-state index < -0.39 is 5.97 Å². The van der Waals surface area contributed by atoms with Gasteiger partial charge >= 0.3 is 5.97 Å². The predicted molar refractivity (Wildman–Crippen MR) is 69.1 cm³/mol. The quantitative estimate of drug-likeness (QED) is 0.888. The number of hydrogen-bond acceptors (Lipinski definition) is 5. The van der Waals surface area contributed by atoms with E-state index in [0.29, 0.717) is 43.2 Å². The summed E-state index contributed by atoms with van der Waals surface area (Å²) in [4.78, 5) is 21.6. The first-order chi connectivity index (χ1) is 9.13. The van der Waals surface area contributed by atoms with Gasteiger partial charge in [0.1, 0.15) is 0 Å². The summed E-state index contributed by atoms with van der Waals surface area (Å²) in [6.07, 6.45) is 1.25. The number of rotatable bonds is 2. The molecule has 0 unspecified atom stereocenters. The van der Waals surface area contributed by atoms with E-state index >= 15 is 0 Å². The topological polar surface area (TPSA) is 79.5 Å². The van der Waals surface area contributed by atoms with Crippen LogP contribution >= 0.6 is 0 Å². The van der Waals surface area contributed by atoms with Gasteiger partial charge in [0.05, 0.1) is 5.92 Å². The molecule has 0 spiro atoms. The number of carbonyl (C=O) groups is 1. The number of fused-ring (bicyclic) bond motifs is 1. The highest BCUT2D eigenvalue weighted by molar-refractivity contribution is 5.71. The van der Waals surface area contributed by atoms with Crippen LogP contribution in [0.4, 0.5) is 6.01 Å². The summed E-state index contributed by atoms with van der Waals surface area (Å²) in [6, 6.07) is 4.28. The minimum absolute atomic E-state index is 0.249. The Morgan fingerprint density at radius 1 is 1.37 bits per heavy atom. The van der Waals surface area contributed by atoms with E-state index in [4.69, 9.17) is 9.52 Å². The molecule has 1 N–H and O–H groups in total. The molecule has 1 aliphatic heterocycles. The second-order valence-corrected chi connectivity index (χ2v) is 4.87. The Kier molecular flexibility index (Phi) is 2.85. The van der Waals surface area contributed by atoms with Gasteiger partial charge in [0, 0.05) is 18.8 Å². The summed E-state index contributed by atoms with van der Waals surface area (Å²) in [7, 11) is 0. The van der Waals surface area contributed by atoms with Gasteiger partial charge in [-0.25, -0.2) is 4.98 Å².